The molecule has 1 amide bonds. The third kappa shape index (κ3) is 3.97. The smallest absolute Gasteiger partial charge is 0.396 e. The van der Waals surface area contributed by atoms with Crippen molar-refractivity contribution in [3.63, 3.8) is 0 Å². The van der Waals surface area contributed by atoms with E-state index in [0.29, 0.717) is 12.0 Å². The summed E-state index contributed by atoms with van der Waals surface area (Å²) in [5, 5.41) is 3.40. The van der Waals surface area contributed by atoms with E-state index < -0.39 is 11.9 Å². The van der Waals surface area contributed by atoms with Crippen LogP contribution < -0.4 is 10.9 Å². The highest BCUT2D eigenvalue weighted by Gasteiger charge is 2.14. The molecule has 2 N–H and O–H groups in total. The van der Waals surface area contributed by atoms with Gasteiger partial charge in [0, 0.05) is 12.1 Å². The van der Waals surface area contributed by atoms with Gasteiger partial charge in [0.15, 0.2) is 0 Å². The van der Waals surface area contributed by atoms with Crippen molar-refractivity contribution in [1.29, 1.82) is 0 Å². The van der Waals surface area contributed by atoms with Crippen LogP contribution in [0.1, 0.15) is 23.6 Å². The van der Waals surface area contributed by atoms with E-state index in [1.54, 1.807) is 6.92 Å². The largest absolute Gasteiger partial charge is 0.459 e. The van der Waals surface area contributed by atoms with Crippen molar-refractivity contribution in [2.75, 3.05) is 13.2 Å². The first-order valence-corrected chi connectivity index (χ1v) is 7.50. The second-order valence-electron chi connectivity index (χ2n) is 5.40. The molecule has 0 fully saturated rings. The van der Waals surface area contributed by atoms with Crippen LogP contribution in [-0.4, -0.2) is 30.0 Å². The summed E-state index contributed by atoms with van der Waals surface area (Å²) in [6.07, 6.45) is 0.337. The maximum Gasteiger partial charge on any atom is 0.396 e. The number of hydrogen-bond donors (Lipinski definition) is 2. The second-order valence-corrected chi connectivity index (χ2v) is 5.40. The first-order valence-electron chi connectivity index (χ1n) is 7.50. The topological polar surface area (TPSA) is 88.3 Å². The van der Waals surface area contributed by atoms with Gasteiger partial charge in [0.2, 0.25) is 0 Å². The summed E-state index contributed by atoms with van der Waals surface area (Å²) in [5.41, 5.74) is 3.32. The van der Waals surface area contributed by atoms with Gasteiger partial charge in [-0.1, -0.05) is 11.6 Å². The molecule has 0 aliphatic heterocycles. The molecule has 0 bridgehead atoms. The minimum atomic E-state index is -0.911. The molecule has 2 rings (SSSR count). The minimum absolute atomic E-state index is 0.148. The number of ether oxygens (including phenoxy) is 1. The number of aromatic nitrogens is 1. The zero-order valence-electron chi connectivity index (χ0n) is 13.5. The highest BCUT2D eigenvalue weighted by molar-refractivity contribution is 6.32. The van der Waals surface area contributed by atoms with Gasteiger partial charge in [-0.15, -0.1) is 0 Å². The summed E-state index contributed by atoms with van der Waals surface area (Å²) in [4.78, 5) is 37.6. The molecule has 0 saturated heterocycles. The van der Waals surface area contributed by atoms with Gasteiger partial charge in [-0.3, -0.25) is 9.59 Å². The van der Waals surface area contributed by atoms with E-state index in [9.17, 15) is 14.4 Å². The summed E-state index contributed by atoms with van der Waals surface area (Å²) >= 11 is 0. The molecular formula is C17H20N2O4. The number of benzene rings is 1. The summed E-state index contributed by atoms with van der Waals surface area (Å²) < 4.78 is 4.60. The Balaban J connectivity index is 2.12. The van der Waals surface area contributed by atoms with E-state index >= 15 is 0 Å². The number of rotatable bonds is 4. The Morgan fingerprint density at radius 1 is 1.22 bits per heavy atom. The molecule has 122 valence electrons. The molecule has 0 aliphatic carbocycles. The quantitative estimate of drug-likeness (QED) is 0.658. The number of amides is 1. The number of hydrogen-bond acceptors (Lipinski definition) is 4. The van der Waals surface area contributed by atoms with Gasteiger partial charge in [0.25, 0.3) is 5.56 Å². The van der Waals surface area contributed by atoms with E-state index in [2.05, 4.69) is 15.0 Å². The van der Waals surface area contributed by atoms with Crippen molar-refractivity contribution in [2.24, 2.45) is 0 Å². The van der Waals surface area contributed by atoms with Crippen LogP contribution in [0.2, 0.25) is 0 Å². The van der Waals surface area contributed by atoms with Gasteiger partial charge >= 0.3 is 11.9 Å². The van der Waals surface area contributed by atoms with Gasteiger partial charge < -0.3 is 15.0 Å². The van der Waals surface area contributed by atoms with Crippen LogP contribution in [0.3, 0.4) is 0 Å². The normalized spacial score (nSPS) is 10.6. The number of pyridine rings is 1. The Labute approximate surface area is 133 Å². The van der Waals surface area contributed by atoms with Crippen LogP contribution in [-0.2, 0) is 20.7 Å². The first-order chi connectivity index (χ1) is 10.9. The molecule has 6 nitrogen and oxygen atoms in total. The summed E-state index contributed by atoms with van der Waals surface area (Å²) in [6, 6.07) is 5.83. The molecule has 1 aromatic carbocycles. The van der Waals surface area contributed by atoms with Gasteiger partial charge in [-0.2, -0.15) is 0 Å². The lowest BCUT2D eigenvalue weighted by molar-refractivity contribution is -0.154. The fourth-order valence-electron chi connectivity index (χ4n) is 2.50. The molecular weight excluding hydrogens is 296 g/mol. The maximum absolute atomic E-state index is 12.1. The highest BCUT2D eigenvalue weighted by Crippen LogP contribution is 2.17. The molecule has 23 heavy (non-hydrogen) atoms. The van der Waals surface area contributed by atoms with Gasteiger partial charge in [-0.05, 0) is 50.3 Å². The van der Waals surface area contributed by atoms with Crippen molar-refractivity contribution in [2.45, 2.75) is 27.2 Å². The number of carbonyl (C=O) groups is 2. The van der Waals surface area contributed by atoms with Crippen LogP contribution in [0.15, 0.2) is 23.0 Å². The SMILES string of the molecule is CCOC(=O)C(=O)NCCc1cc2cc(C)cc(C)c2[nH]c1=O. The second kappa shape index (κ2) is 7.09. The van der Waals surface area contributed by atoms with Crippen molar-refractivity contribution in [3.05, 3.63) is 45.2 Å². The third-order valence-corrected chi connectivity index (χ3v) is 3.51. The fraction of sp³-hybridized carbons (Fsp3) is 0.353. The predicted molar refractivity (Wildman–Crippen MR) is 87.4 cm³/mol. The predicted octanol–water partition coefficient (Wildman–Crippen LogP) is 1.37. The van der Waals surface area contributed by atoms with E-state index in [4.69, 9.17) is 0 Å². The maximum atomic E-state index is 12.1. The van der Waals surface area contributed by atoms with Crippen molar-refractivity contribution >= 4 is 22.8 Å². The molecule has 0 aliphatic rings. The number of aromatic amines is 1. The van der Waals surface area contributed by atoms with Crippen LogP contribution in [0.5, 0.6) is 0 Å². The van der Waals surface area contributed by atoms with Crippen LogP contribution in [0.25, 0.3) is 10.9 Å². The number of H-pyrrole nitrogens is 1. The lowest BCUT2D eigenvalue weighted by Gasteiger charge is -2.08. The van der Waals surface area contributed by atoms with Crippen molar-refractivity contribution in [3.8, 4) is 0 Å². The molecule has 0 saturated carbocycles. The van der Waals surface area contributed by atoms with E-state index in [1.807, 2.05) is 32.0 Å². The van der Waals surface area contributed by atoms with Gasteiger partial charge in [0.1, 0.15) is 0 Å². The first kappa shape index (κ1) is 16.7. The zero-order chi connectivity index (χ0) is 17.0. The molecule has 0 atom stereocenters. The molecule has 0 unspecified atom stereocenters. The van der Waals surface area contributed by atoms with E-state index in [-0.39, 0.29) is 18.7 Å². The minimum Gasteiger partial charge on any atom is -0.459 e. The average Bonchev–Trinajstić information content (AvgIpc) is 2.48. The number of esters is 1. The number of fused-ring (bicyclic) bond motifs is 1. The lowest BCUT2D eigenvalue weighted by Crippen LogP contribution is -2.34. The Bertz CT molecular complexity index is 808. The Kier molecular flexibility index (Phi) is 5.16. The van der Waals surface area contributed by atoms with Gasteiger partial charge in [0.05, 0.1) is 12.1 Å². The zero-order valence-corrected chi connectivity index (χ0v) is 13.5. The summed E-state index contributed by atoms with van der Waals surface area (Å²) in [6.45, 7) is 5.91. The lowest BCUT2D eigenvalue weighted by atomic mass is 10.0. The van der Waals surface area contributed by atoms with Crippen molar-refractivity contribution in [1.82, 2.24) is 10.3 Å². The number of carbonyl (C=O) groups excluding carboxylic acids is 2. The Hall–Kier alpha value is -2.63. The molecule has 0 spiro atoms. The molecule has 6 heteroatoms. The van der Waals surface area contributed by atoms with E-state index in [0.717, 1.165) is 22.0 Å². The van der Waals surface area contributed by atoms with Gasteiger partial charge in [-0.25, -0.2) is 4.79 Å². The monoisotopic (exact) mass is 316 g/mol. The number of aryl methyl sites for hydroxylation is 2. The summed E-state index contributed by atoms with van der Waals surface area (Å²) in [7, 11) is 0. The average molecular weight is 316 g/mol. The fourth-order valence-corrected chi connectivity index (χ4v) is 2.50. The molecule has 1 heterocycles. The molecule has 0 radical (unpaired) electrons. The van der Waals surface area contributed by atoms with Crippen LogP contribution in [0.4, 0.5) is 0 Å². The van der Waals surface area contributed by atoms with Crippen LogP contribution in [0, 0.1) is 13.8 Å². The molecule has 1 aromatic heterocycles. The molecule has 2 aromatic rings. The van der Waals surface area contributed by atoms with Crippen molar-refractivity contribution < 1.29 is 14.3 Å². The van der Waals surface area contributed by atoms with E-state index in [1.165, 1.54) is 0 Å². The Morgan fingerprint density at radius 3 is 2.65 bits per heavy atom. The highest BCUT2D eigenvalue weighted by atomic mass is 16.5. The summed E-state index contributed by atoms with van der Waals surface area (Å²) in [5.74, 6) is -1.71. The third-order valence-electron chi connectivity index (χ3n) is 3.51. The Morgan fingerprint density at radius 2 is 1.96 bits per heavy atom. The standard InChI is InChI=1S/C17H20N2O4/c1-4-23-17(22)16(21)18-6-5-12-9-13-8-10(2)7-11(3)14(13)19-15(12)20/h7-9H,4-6H2,1-3H3,(H,18,21)(H,19,20). The number of nitrogens with one attached hydrogen (secondary N) is 2. The van der Waals surface area contributed by atoms with Crippen LogP contribution >= 0.6 is 0 Å².